The van der Waals surface area contributed by atoms with Crippen molar-refractivity contribution in [2.45, 2.75) is 6.54 Å². The molecule has 0 unspecified atom stereocenters. The second-order valence-corrected chi connectivity index (χ2v) is 8.17. The number of piperazine rings is 1. The van der Waals surface area contributed by atoms with Crippen LogP contribution >= 0.6 is 11.3 Å². The first kappa shape index (κ1) is 21.0. The van der Waals surface area contributed by atoms with Crippen LogP contribution in [0.3, 0.4) is 0 Å². The minimum Gasteiger partial charge on any atom is -0.497 e. The molecule has 0 aliphatic carbocycles. The number of hydrogen-bond donors (Lipinski definition) is 0. The first-order valence-corrected chi connectivity index (χ1v) is 10.8. The van der Waals surface area contributed by atoms with Gasteiger partial charge in [0.15, 0.2) is 0 Å². The number of carbonyl (C=O) groups excluding carboxylic acids is 1. The predicted octanol–water partition coefficient (Wildman–Crippen LogP) is 3.68. The van der Waals surface area contributed by atoms with Crippen LogP contribution in [0, 0.1) is 10.1 Å². The van der Waals surface area contributed by atoms with Crippen molar-refractivity contribution in [1.29, 1.82) is 0 Å². The third-order valence-electron chi connectivity index (χ3n) is 5.28. The van der Waals surface area contributed by atoms with Crippen LogP contribution in [0.4, 0.5) is 5.69 Å². The van der Waals surface area contributed by atoms with E-state index in [1.807, 2.05) is 24.3 Å². The van der Waals surface area contributed by atoms with Gasteiger partial charge in [-0.15, -0.1) is 11.3 Å². The summed E-state index contributed by atoms with van der Waals surface area (Å²) >= 11 is 1.64. The van der Waals surface area contributed by atoms with Crippen LogP contribution in [0.5, 0.6) is 5.75 Å². The van der Waals surface area contributed by atoms with Crippen LogP contribution in [-0.4, -0.2) is 58.9 Å². The number of carbonyl (C=O) groups is 1. The van der Waals surface area contributed by atoms with Gasteiger partial charge in [0.2, 0.25) is 0 Å². The van der Waals surface area contributed by atoms with Crippen molar-refractivity contribution in [3.8, 4) is 17.0 Å². The van der Waals surface area contributed by atoms with Gasteiger partial charge in [-0.05, 0) is 36.4 Å². The molecule has 0 radical (unpaired) electrons. The molecule has 4 rings (SSSR count). The number of amides is 1. The van der Waals surface area contributed by atoms with E-state index < -0.39 is 4.92 Å². The standard InChI is InChI=1S/C22H22N4O4S/c1-30-19-8-4-16(5-9-19)20-15-31-21(23-20)14-24-10-12-25(13-11-24)22(27)17-2-6-18(7-3-17)26(28)29/h2-9,15H,10-14H2,1H3. The molecule has 1 aromatic heterocycles. The molecule has 8 nitrogen and oxygen atoms in total. The third-order valence-corrected chi connectivity index (χ3v) is 6.11. The molecule has 1 amide bonds. The van der Waals surface area contributed by atoms with Crippen LogP contribution in [0.1, 0.15) is 15.4 Å². The van der Waals surface area contributed by atoms with E-state index in [1.54, 1.807) is 23.3 Å². The number of thiazole rings is 1. The Morgan fingerprint density at radius 3 is 2.39 bits per heavy atom. The highest BCUT2D eigenvalue weighted by atomic mass is 32.1. The smallest absolute Gasteiger partial charge is 0.269 e. The Hall–Kier alpha value is -3.30. The number of hydrogen-bond acceptors (Lipinski definition) is 7. The molecule has 2 aromatic carbocycles. The molecule has 0 saturated carbocycles. The highest BCUT2D eigenvalue weighted by Gasteiger charge is 2.23. The average molecular weight is 439 g/mol. The molecule has 0 bridgehead atoms. The first-order chi connectivity index (χ1) is 15.0. The summed E-state index contributed by atoms with van der Waals surface area (Å²) in [6.45, 7) is 3.51. The summed E-state index contributed by atoms with van der Waals surface area (Å²) < 4.78 is 5.20. The van der Waals surface area contributed by atoms with E-state index in [4.69, 9.17) is 9.72 Å². The fourth-order valence-corrected chi connectivity index (χ4v) is 4.33. The highest BCUT2D eigenvalue weighted by molar-refractivity contribution is 7.09. The summed E-state index contributed by atoms with van der Waals surface area (Å²) in [6, 6.07) is 13.6. The first-order valence-electron chi connectivity index (χ1n) is 9.88. The van der Waals surface area contributed by atoms with Gasteiger partial charge in [-0.3, -0.25) is 19.8 Å². The molecular weight excluding hydrogens is 416 g/mol. The Kier molecular flexibility index (Phi) is 6.24. The number of nitro groups is 1. The minimum absolute atomic E-state index is 0.0150. The Morgan fingerprint density at radius 1 is 1.10 bits per heavy atom. The van der Waals surface area contributed by atoms with E-state index in [9.17, 15) is 14.9 Å². The van der Waals surface area contributed by atoms with Crippen molar-refractivity contribution in [1.82, 2.24) is 14.8 Å². The zero-order valence-electron chi connectivity index (χ0n) is 17.1. The molecule has 9 heteroatoms. The molecule has 1 fully saturated rings. The van der Waals surface area contributed by atoms with E-state index in [1.165, 1.54) is 24.3 Å². The van der Waals surface area contributed by atoms with E-state index in [0.29, 0.717) is 18.7 Å². The second-order valence-electron chi connectivity index (χ2n) is 7.23. The molecule has 2 heterocycles. The average Bonchev–Trinajstić information content (AvgIpc) is 3.27. The number of nitro benzene ring substituents is 1. The maximum Gasteiger partial charge on any atom is 0.269 e. The van der Waals surface area contributed by atoms with Gasteiger partial charge in [0.1, 0.15) is 10.8 Å². The Balaban J connectivity index is 1.31. The van der Waals surface area contributed by atoms with Gasteiger partial charge in [0.05, 0.1) is 24.3 Å². The van der Waals surface area contributed by atoms with Crippen LogP contribution in [0.15, 0.2) is 53.9 Å². The molecule has 31 heavy (non-hydrogen) atoms. The van der Waals surface area contributed by atoms with Crippen LogP contribution in [-0.2, 0) is 6.54 Å². The van der Waals surface area contributed by atoms with Crippen molar-refractivity contribution >= 4 is 22.9 Å². The van der Waals surface area contributed by atoms with Gasteiger partial charge >= 0.3 is 0 Å². The van der Waals surface area contributed by atoms with E-state index >= 15 is 0 Å². The molecule has 3 aromatic rings. The molecule has 160 valence electrons. The lowest BCUT2D eigenvalue weighted by atomic mass is 10.1. The van der Waals surface area contributed by atoms with E-state index in [-0.39, 0.29) is 11.6 Å². The quantitative estimate of drug-likeness (QED) is 0.431. The largest absolute Gasteiger partial charge is 0.497 e. The summed E-state index contributed by atoms with van der Waals surface area (Å²) in [5, 5.41) is 13.9. The highest BCUT2D eigenvalue weighted by Crippen LogP contribution is 2.25. The van der Waals surface area contributed by atoms with Crippen molar-refractivity contribution in [3.63, 3.8) is 0 Å². The number of aromatic nitrogens is 1. The van der Waals surface area contributed by atoms with Gasteiger partial charge in [-0.1, -0.05) is 0 Å². The van der Waals surface area contributed by atoms with Crippen molar-refractivity contribution < 1.29 is 14.5 Å². The van der Waals surface area contributed by atoms with Gasteiger partial charge in [-0.2, -0.15) is 0 Å². The Labute approximate surface area is 183 Å². The topological polar surface area (TPSA) is 88.8 Å². The normalized spacial score (nSPS) is 14.4. The van der Waals surface area contributed by atoms with Gasteiger partial charge in [0.25, 0.3) is 11.6 Å². The third kappa shape index (κ3) is 4.89. The molecule has 1 saturated heterocycles. The lowest BCUT2D eigenvalue weighted by Crippen LogP contribution is -2.48. The van der Waals surface area contributed by atoms with Crippen LogP contribution in [0.25, 0.3) is 11.3 Å². The second kappa shape index (κ2) is 9.23. The number of methoxy groups -OCH3 is 1. The fraction of sp³-hybridized carbons (Fsp3) is 0.273. The minimum atomic E-state index is -0.467. The Bertz CT molecular complexity index is 1060. The van der Waals surface area contributed by atoms with Crippen molar-refractivity contribution in [3.05, 3.63) is 74.6 Å². The number of non-ortho nitro benzene ring substituents is 1. The van der Waals surface area contributed by atoms with Gasteiger partial charge < -0.3 is 9.64 Å². The molecule has 0 spiro atoms. The summed E-state index contributed by atoms with van der Waals surface area (Å²) in [6.07, 6.45) is 0. The van der Waals surface area contributed by atoms with Crippen molar-refractivity contribution in [2.24, 2.45) is 0 Å². The molecular formula is C22H22N4O4S. The van der Waals surface area contributed by atoms with Gasteiger partial charge in [-0.25, -0.2) is 4.98 Å². The number of benzene rings is 2. The summed E-state index contributed by atoms with van der Waals surface area (Å²) in [5.41, 5.74) is 2.47. The van der Waals surface area contributed by atoms with Crippen molar-refractivity contribution in [2.75, 3.05) is 33.3 Å². The maximum atomic E-state index is 12.7. The summed E-state index contributed by atoms with van der Waals surface area (Å²) in [4.78, 5) is 31.8. The van der Waals surface area contributed by atoms with E-state index in [0.717, 1.165) is 41.6 Å². The number of rotatable bonds is 6. The fourth-order valence-electron chi connectivity index (χ4n) is 3.49. The van der Waals surface area contributed by atoms with Gasteiger partial charge in [0, 0.05) is 54.8 Å². The molecule has 1 aliphatic heterocycles. The summed E-state index contributed by atoms with van der Waals surface area (Å²) in [5.74, 6) is 0.728. The lowest BCUT2D eigenvalue weighted by molar-refractivity contribution is -0.384. The van der Waals surface area contributed by atoms with E-state index in [2.05, 4.69) is 10.3 Å². The Morgan fingerprint density at radius 2 is 1.77 bits per heavy atom. The predicted molar refractivity (Wildman–Crippen MR) is 118 cm³/mol. The number of nitrogens with zero attached hydrogens (tertiary/aromatic N) is 4. The monoisotopic (exact) mass is 438 g/mol. The van der Waals surface area contributed by atoms with Crippen LogP contribution < -0.4 is 4.74 Å². The maximum absolute atomic E-state index is 12.7. The van der Waals surface area contributed by atoms with Crippen LogP contribution in [0.2, 0.25) is 0 Å². The zero-order chi connectivity index (χ0) is 21.8. The molecule has 0 atom stereocenters. The molecule has 1 aliphatic rings. The summed E-state index contributed by atoms with van der Waals surface area (Å²) in [7, 11) is 1.65. The zero-order valence-corrected chi connectivity index (χ0v) is 17.9. The number of ether oxygens (including phenoxy) is 1. The molecule has 0 N–H and O–H groups in total. The SMILES string of the molecule is COc1ccc(-c2csc(CN3CCN(C(=O)c4ccc([N+](=O)[O-])cc4)CC3)n2)cc1. The lowest BCUT2D eigenvalue weighted by Gasteiger charge is -2.34.